The lowest BCUT2D eigenvalue weighted by Gasteiger charge is -2.42. The molecule has 0 heterocycles. The van der Waals surface area contributed by atoms with E-state index in [9.17, 15) is 0 Å². The number of benzene rings is 10. The van der Waals surface area contributed by atoms with Gasteiger partial charge in [-0.25, -0.2) is 0 Å². The molecular weight excluding hydrogens is 843 g/mol. The summed E-state index contributed by atoms with van der Waals surface area (Å²) < 4.78 is 0. The largest absolute Gasteiger partial charge is 0.310 e. The van der Waals surface area contributed by atoms with Crippen molar-refractivity contribution in [3.8, 4) is 66.8 Å². The van der Waals surface area contributed by atoms with E-state index in [1.807, 2.05) is 0 Å². The minimum atomic E-state index is -0.493. The second-order valence-corrected chi connectivity index (χ2v) is 21.1. The lowest BCUT2D eigenvalue weighted by molar-refractivity contribution is 0.332. The summed E-state index contributed by atoms with van der Waals surface area (Å²) in [7, 11) is 0. The van der Waals surface area contributed by atoms with Crippen LogP contribution >= 0.6 is 0 Å². The first-order chi connectivity index (χ1) is 34.2. The van der Waals surface area contributed by atoms with Gasteiger partial charge in [0.2, 0.25) is 0 Å². The van der Waals surface area contributed by atoms with Crippen molar-refractivity contribution in [1.82, 2.24) is 0 Å². The highest BCUT2D eigenvalue weighted by atomic mass is 15.1. The van der Waals surface area contributed by atoms with Gasteiger partial charge in [0.15, 0.2) is 0 Å². The van der Waals surface area contributed by atoms with Gasteiger partial charge in [-0.1, -0.05) is 228 Å². The van der Waals surface area contributed by atoms with Crippen LogP contribution < -0.4 is 4.90 Å². The molecule has 1 nitrogen and oxygen atoms in total. The van der Waals surface area contributed by atoms with Gasteiger partial charge in [0, 0.05) is 16.9 Å². The third-order valence-corrected chi connectivity index (χ3v) is 16.2. The summed E-state index contributed by atoms with van der Waals surface area (Å²) in [4.78, 5) is 2.53. The van der Waals surface area contributed by atoms with Gasteiger partial charge in [-0.3, -0.25) is 0 Å². The van der Waals surface area contributed by atoms with Crippen molar-refractivity contribution in [2.45, 2.75) is 56.8 Å². The van der Waals surface area contributed by atoms with E-state index in [1.165, 1.54) is 107 Å². The highest BCUT2D eigenvalue weighted by molar-refractivity contribution is 6.00. The SMILES string of the molecule is CC1(C)CCC(C)(C)c2cc(-c3cc4c(cc3N(c3ccc(-c5ccccc5)cc3)c3ccc(-c5ccc(-c6ccccc6)cc5)cc3)C3(c5ccccc5-c5ccccc53)c3ccccc3-4)ccc21. The maximum absolute atomic E-state index is 2.58. The van der Waals surface area contributed by atoms with Crippen LogP contribution in [0.1, 0.15) is 73.9 Å². The van der Waals surface area contributed by atoms with E-state index >= 15 is 0 Å². The zero-order chi connectivity index (χ0) is 47.2. The van der Waals surface area contributed by atoms with Crippen LogP contribution in [-0.2, 0) is 16.2 Å². The Balaban J connectivity index is 1.07. The van der Waals surface area contributed by atoms with Gasteiger partial charge >= 0.3 is 0 Å². The van der Waals surface area contributed by atoms with Crippen LogP contribution in [0.15, 0.2) is 237 Å². The van der Waals surface area contributed by atoms with Crippen LogP contribution in [0.25, 0.3) is 66.8 Å². The normalized spacial score (nSPS) is 15.1. The zero-order valence-electron chi connectivity index (χ0n) is 40.4. The fourth-order valence-electron chi connectivity index (χ4n) is 12.4. The molecule has 0 amide bonds. The fourth-order valence-corrected chi connectivity index (χ4v) is 12.4. The maximum atomic E-state index is 2.58. The smallest absolute Gasteiger partial charge is 0.0726 e. The third-order valence-electron chi connectivity index (χ3n) is 16.2. The molecule has 0 N–H and O–H groups in total. The lowest BCUT2D eigenvalue weighted by Crippen LogP contribution is -2.33. The molecule has 0 atom stereocenters. The summed E-state index contributed by atoms with van der Waals surface area (Å²) in [5.41, 5.74) is 26.3. The molecule has 336 valence electrons. The summed E-state index contributed by atoms with van der Waals surface area (Å²) in [6, 6.07) is 88.9. The van der Waals surface area contributed by atoms with Gasteiger partial charge in [0.1, 0.15) is 0 Å². The van der Waals surface area contributed by atoms with Gasteiger partial charge in [-0.15, -0.1) is 0 Å². The lowest BCUT2D eigenvalue weighted by atomic mass is 9.63. The van der Waals surface area contributed by atoms with E-state index in [0.717, 1.165) is 23.5 Å². The Hall–Kier alpha value is -8.00. The summed E-state index contributed by atoms with van der Waals surface area (Å²) in [5, 5.41) is 0. The number of fused-ring (bicyclic) bond motifs is 11. The van der Waals surface area contributed by atoms with Gasteiger partial charge in [0.05, 0.1) is 11.1 Å². The molecule has 0 radical (unpaired) electrons. The predicted molar refractivity (Wildman–Crippen MR) is 294 cm³/mol. The Labute approximate surface area is 413 Å². The van der Waals surface area contributed by atoms with Gasteiger partial charge < -0.3 is 4.90 Å². The van der Waals surface area contributed by atoms with Crippen LogP contribution in [0.2, 0.25) is 0 Å². The molecule has 3 aliphatic carbocycles. The average Bonchev–Trinajstić information content (AvgIpc) is 3.87. The highest BCUT2D eigenvalue weighted by Crippen LogP contribution is 2.64. The maximum Gasteiger partial charge on any atom is 0.0726 e. The molecule has 1 heteroatoms. The summed E-state index contributed by atoms with van der Waals surface area (Å²) in [6.07, 6.45) is 2.33. The van der Waals surface area contributed by atoms with E-state index < -0.39 is 5.41 Å². The Morgan fingerprint density at radius 3 is 1.11 bits per heavy atom. The van der Waals surface area contributed by atoms with E-state index in [4.69, 9.17) is 0 Å². The molecular formula is C69H55N. The molecule has 0 aromatic heterocycles. The van der Waals surface area contributed by atoms with Crippen molar-refractivity contribution in [3.63, 3.8) is 0 Å². The fraction of sp³-hybridized carbons (Fsp3) is 0.130. The van der Waals surface area contributed by atoms with Gasteiger partial charge in [-0.05, 0) is 155 Å². The van der Waals surface area contributed by atoms with E-state index in [-0.39, 0.29) is 10.8 Å². The first-order valence-electron chi connectivity index (χ1n) is 25.0. The Morgan fingerprint density at radius 2 is 0.643 bits per heavy atom. The molecule has 0 saturated heterocycles. The molecule has 13 rings (SSSR count). The number of nitrogens with zero attached hydrogens (tertiary/aromatic N) is 1. The topological polar surface area (TPSA) is 3.24 Å². The third kappa shape index (κ3) is 6.52. The van der Waals surface area contributed by atoms with Crippen LogP contribution in [0.4, 0.5) is 17.1 Å². The first kappa shape index (κ1) is 42.1. The standard InChI is InChI=1S/C69H55N/c1-67(2)41-42-68(3,4)65-43-52(35-40-63(65)67)58-44-59-57-23-13-16-26-62(57)69(60-24-14-11-21-55(60)56-22-12-15-25-61(56)69)64(59)45-66(58)70(53-36-31-50(32-37-53)47-19-9-6-10-20-47)54-38-33-51(34-39-54)49-29-27-48(28-30-49)46-17-7-5-8-18-46/h5-40,43-45H,41-42H2,1-4H3. The van der Waals surface area contributed by atoms with Crippen molar-refractivity contribution in [2.24, 2.45) is 0 Å². The molecule has 0 fully saturated rings. The molecule has 0 saturated carbocycles. The van der Waals surface area contributed by atoms with Gasteiger partial charge in [0.25, 0.3) is 0 Å². The summed E-state index contributed by atoms with van der Waals surface area (Å²) >= 11 is 0. The van der Waals surface area contributed by atoms with Crippen LogP contribution in [0.5, 0.6) is 0 Å². The highest BCUT2D eigenvalue weighted by Gasteiger charge is 2.52. The first-order valence-corrected chi connectivity index (χ1v) is 25.0. The van der Waals surface area contributed by atoms with Crippen molar-refractivity contribution >= 4 is 17.1 Å². The summed E-state index contributed by atoms with van der Waals surface area (Å²) in [6.45, 7) is 9.75. The van der Waals surface area contributed by atoms with Crippen molar-refractivity contribution in [2.75, 3.05) is 4.90 Å². The minimum absolute atomic E-state index is 0.0494. The number of hydrogen-bond acceptors (Lipinski definition) is 1. The number of anilines is 3. The molecule has 10 aromatic rings. The van der Waals surface area contributed by atoms with E-state index in [2.05, 4.69) is 269 Å². The second kappa shape index (κ2) is 16.0. The molecule has 0 unspecified atom stereocenters. The number of hydrogen-bond donors (Lipinski definition) is 0. The molecule has 3 aliphatic rings. The Morgan fingerprint density at radius 1 is 0.271 bits per heavy atom. The van der Waals surface area contributed by atoms with Crippen molar-refractivity contribution < 1.29 is 0 Å². The van der Waals surface area contributed by atoms with E-state index in [0.29, 0.717) is 0 Å². The average molecular weight is 898 g/mol. The van der Waals surface area contributed by atoms with Crippen LogP contribution in [-0.4, -0.2) is 0 Å². The van der Waals surface area contributed by atoms with Crippen molar-refractivity contribution in [3.05, 3.63) is 270 Å². The number of rotatable bonds is 7. The summed E-state index contributed by atoms with van der Waals surface area (Å²) in [5.74, 6) is 0. The quantitative estimate of drug-likeness (QED) is 0.154. The Kier molecular flexibility index (Phi) is 9.65. The predicted octanol–water partition coefficient (Wildman–Crippen LogP) is 18.5. The molecule has 0 aliphatic heterocycles. The second-order valence-electron chi connectivity index (χ2n) is 21.1. The van der Waals surface area contributed by atoms with E-state index in [1.54, 1.807) is 0 Å². The van der Waals surface area contributed by atoms with Crippen LogP contribution in [0, 0.1) is 0 Å². The molecule has 0 bridgehead atoms. The van der Waals surface area contributed by atoms with Crippen molar-refractivity contribution in [1.29, 1.82) is 0 Å². The monoisotopic (exact) mass is 897 g/mol. The van der Waals surface area contributed by atoms with Gasteiger partial charge in [-0.2, -0.15) is 0 Å². The van der Waals surface area contributed by atoms with Crippen LogP contribution in [0.3, 0.4) is 0 Å². The zero-order valence-corrected chi connectivity index (χ0v) is 40.4. The minimum Gasteiger partial charge on any atom is -0.310 e. The Bertz CT molecular complexity index is 3570. The molecule has 10 aromatic carbocycles. The molecule has 70 heavy (non-hydrogen) atoms. The molecule has 1 spiro atoms.